The van der Waals surface area contributed by atoms with Crippen LogP contribution in [0.25, 0.3) is 11.3 Å². The van der Waals surface area contributed by atoms with E-state index in [1.165, 1.54) is 41.2 Å². The molecule has 1 aliphatic rings. The summed E-state index contributed by atoms with van der Waals surface area (Å²) in [6, 6.07) is 11.4. The van der Waals surface area contributed by atoms with Gasteiger partial charge in [0.25, 0.3) is 0 Å². The van der Waals surface area contributed by atoms with Gasteiger partial charge in [0.15, 0.2) is 0 Å². The Morgan fingerprint density at radius 2 is 1.65 bits per heavy atom. The number of benzene rings is 1. The molecule has 0 saturated carbocycles. The standard InChI is InChI=1S/C18H23GeN/c1-19(2,3)17-10-11-18(20-13-17)16-9-8-14-6-4-5-7-15(14)12-16/h8-13H,4-7H2,1-3H3. The molecule has 0 aliphatic heterocycles. The van der Waals surface area contributed by atoms with Crippen LogP contribution in [0.15, 0.2) is 36.5 Å². The molecule has 0 radical (unpaired) electrons. The zero-order chi connectivity index (χ0) is 14.2. The second-order valence-corrected chi connectivity index (χ2v) is 17.5. The number of nitrogens with zero attached hydrogens (tertiary/aromatic N) is 1. The topological polar surface area (TPSA) is 12.9 Å². The Morgan fingerprint density at radius 3 is 2.30 bits per heavy atom. The van der Waals surface area contributed by atoms with Crippen molar-refractivity contribution in [3.63, 3.8) is 0 Å². The van der Waals surface area contributed by atoms with Crippen LogP contribution in [-0.4, -0.2) is 18.3 Å². The summed E-state index contributed by atoms with van der Waals surface area (Å²) in [5.41, 5.74) is 5.47. The van der Waals surface area contributed by atoms with Crippen molar-refractivity contribution in [3.8, 4) is 11.3 Å². The van der Waals surface area contributed by atoms with Crippen LogP contribution in [0.5, 0.6) is 0 Å². The molecule has 0 spiro atoms. The van der Waals surface area contributed by atoms with Crippen LogP contribution in [0.2, 0.25) is 17.3 Å². The van der Waals surface area contributed by atoms with E-state index in [1.54, 1.807) is 5.56 Å². The molecule has 0 fully saturated rings. The first kappa shape index (κ1) is 13.9. The molecule has 2 aromatic rings. The molecular formula is C18H23GeN. The zero-order valence-corrected chi connectivity index (χ0v) is 14.8. The van der Waals surface area contributed by atoms with Crippen LogP contribution >= 0.6 is 0 Å². The van der Waals surface area contributed by atoms with E-state index < -0.39 is 13.3 Å². The van der Waals surface area contributed by atoms with Crippen LogP contribution < -0.4 is 4.40 Å². The van der Waals surface area contributed by atoms with Crippen molar-refractivity contribution in [2.45, 2.75) is 43.0 Å². The molecule has 0 N–H and O–H groups in total. The van der Waals surface area contributed by atoms with E-state index in [0.29, 0.717) is 0 Å². The third-order valence-corrected chi connectivity index (χ3v) is 8.53. The summed E-state index contributed by atoms with van der Waals surface area (Å²) in [6.07, 6.45) is 7.27. The SMILES string of the molecule is [CH3][Ge]([CH3])([CH3])[c]1ccc(-c2ccc3c(c2)CCCC3)nc1. The van der Waals surface area contributed by atoms with Crippen molar-refractivity contribution in [1.29, 1.82) is 0 Å². The molecule has 0 atom stereocenters. The molecule has 3 rings (SSSR count). The van der Waals surface area contributed by atoms with E-state index in [1.807, 2.05) is 0 Å². The van der Waals surface area contributed by atoms with Gasteiger partial charge in [0, 0.05) is 0 Å². The molecule has 2 heteroatoms. The molecule has 1 nitrogen and oxygen atoms in total. The van der Waals surface area contributed by atoms with E-state index in [4.69, 9.17) is 4.98 Å². The fourth-order valence-electron chi connectivity index (χ4n) is 2.90. The number of hydrogen-bond donors (Lipinski definition) is 0. The maximum absolute atomic E-state index is 4.71. The zero-order valence-electron chi connectivity index (χ0n) is 12.7. The van der Waals surface area contributed by atoms with Crippen molar-refractivity contribution in [3.05, 3.63) is 47.7 Å². The van der Waals surface area contributed by atoms with Crippen LogP contribution in [0, 0.1) is 0 Å². The van der Waals surface area contributed by atoms with Crippen LogP contribution in [0.3, 0.4) is 0 Å². The van der Waals surface area contributed by atoms with Gasteiger partial charge in [-0.25, -0.2) is 0 Å². The Morgan fingerprint density at radius 1 is 0.900 bits per heavy atom. The average molecular weight is 326 g/mol. The third-order valence-electron chi connectivity index (χ3n) is 4.27. The molecule has 0 saturated heterocycles. The fraction of sp³-hybridized carbons (Fsp3) is 0.389. The van der Waals surface area contributed by atoms with Crippen LogP contribution in [0.1, 0.15) is 24.0 Å². The normalized spacial score (nSPS) is 14.9. The second kappa shape index (κ2) is 5.36. The summed E-state index contributed by atoms with van der Waals surface area (Å²) in [5.74, 6) is 7.24. The molecule has 104 valence electrons. The summed E-state index contributed by atoms with van der Waals surface area (Å²) < 4.78 is 1.48. The second-order valence-electron chi connectivity index (χ2n) is 6.87. The number of hydrogen-bond acceptors (Lipinski definition) is 1. The summed E-state index contributed by atoms with van der Waals surface area (Å²) in [7, 11) is 0. The van der Waals surface area contributed by atoms with Gasteiger partial charge >= 0.3 is 125 Å². The Bertz CT molecular complexity index is 608. The Balaban J connectivity index is 1.93. The predicted molar refractivity (Wildman–Crippen MR) is 89.3 cm³/mol. The van der Waals surface area contributed by atoms with E-state index in [-0.39, 0.29) is 0 Å². The number of aromatic nitrogens is 1. The monoisotopic (exact) mass is 327 g/mol. The quantitative estimate of drug-likeness (QED) is 0.755. The van der Waals surface area contributed by atoms with E-state index in [0.717, 1.165) is 5.69 Å². The number of aryl methyl sites for hydroxylation is 2. The molecule has 1 heterocycles. The van der Waals surface area contributed by atoms with Crippen molar-refractivity contribution in [2.75, 3.05) is 0 Å². The number of rotatable bonds is 2. The molecule has 20 heavy (non-hydrogen) atoms. The number of pyridine rings is 1. The van der Waals surface area contributed by atoms with Crippen molar-refractivity contribution >= 4 is 17.7 Å². The van der Waals surface area contributed by atoms with Crippen molar-refractivity contribution < 1.29 is 0 Å². The van der Waals surface area contributed by atoms with Gasteiger partial charge in [0.05, 0.1) is 0 Å². The molecular weight excluding hydrogens is 303 g/mol. The molecule has 1 aromatic heterocycles. The first-order valence-electron chi connectivity index (χ1n) is 7.63. The Kier molecular flexibility index (Phi) is 3.72. The molecule has 0 unspecified atom stereocenters. The van der Waals surface area contributed by atoms with Gasteiger partial charge in [-0.3, -0.25) is 0 Å². The van der Waals surface area contributed by atoms with Crippen molar-refractivity contribution in [1.82, 2.24) is 4.98 Å². The predicted octanol–water partition coefficient (Wildman–Crippen LogP) is 4.17. The van der Waals surface area contributed by atoms with Gasteiger partial charge in [-0.1, -0.05) is 0 Å². The van der Waals surface area contributed by atoms with E-state index >= 15 is 0 Å². The molecule has 1 aromatic carbocycles. The van der Waals surface area contributed by atoms with E-state index in [9.17, 15) is 0 Å². The minimum atomic E-state index is -1.74. The molecule has 0 amide bonds. The fourth-order valence-corrected chi connectivity index (χ4v) is 5.07. The van der Waals surface area contributed by atoms with Gasteiger partial charge in [-0.2, -0.15) is 0 Å². The van der Waals surface area contributed by atoms with Crippen LogP contribution in [-0.2, 0) is 12.8 Å². The third kappa shape index (κ3) is 2.83. The number of fused-ring (bicyclic) bond motifs is 1. The summed E-state index contributed by atoms with van der Waals surface area (Å²) in [4.78, 5) is 4.71. The van der Waals surface area contributed by atoms with Gasteiger partial charge in [-0.05, 0) is 0 Å². The maximum atomic E-state index is 4.71. The summed E-state index contributed by atoms with van der Waals surface area (Å²) in [5, 5.41) is 0. The van der Waals surface area contributed by atoms with Gasteiger partial charge < -0.3 is 0 Å². The average Bonchev–Trinajstić information content (AvgIpc) is 2.46. The summed E-state index contributed by atoms with van der Waals surface area (Å²) >= 11 is -1.74. The van der Waals surface area contributed by atoms with Gasteiger partial charge in [0.2, 0.25) is 0 Å². The summed E-state index contributed by atoms with van der Waals surface area (Å²) in [6.45, 7) is 0. The first-order valence-corrected chi connectivity index (χ1v) is 15.0. The molecule has 1 aliphatic carbocycles. The minimum absolute atomic E-state index is 1.12. The Labute approximate surface area is 124 Å². The van der Waals surface area contributed by atoms with E-state index in [2.05, 4.69) is 53.8 Å². The van der Waals surface area contributed by atoms with Gasteiger partial charge in [0.1, 0.15) is 0 Å². The molecule has 0 bridgehead atoms. The van der Waals surface area contributed by atoms with Gasteiger partial charge in [-0.15, -0.1) is 0 Å². The Hall–Kier alpha value is -1.09. The van der Waals surface area contributed by atoms with Crippen molar-refractivity contribution in [2.24, 2.45) is 0 Å². The van der Waals surface area contributed by atoms with Crippen LogP contribution in [0.4, 0.5) is 0 Å². The first-order chi connectivity index (χ1) is 9.54.